The van der Waals surface area contributed by atoms with Crippen LogP contribution in [0.2, 0.25) is 5.02 Å². The number of carbonyl (C=O) groups is 1. The monoisotopic (exact) mass is 209 g/mol. The van der Waals surface area contributed by atoms with E-state index in [1.807, 2.05) is 13.0 Å². The maximum Gasteiger partial charge on any atom is 0.151 e. The Morgan fingerprint density at radius 1 is 1.57 bits per heavy atom. The molecular formula is C11H12ClNO. The van der Waals surface area contributed by atoms with Crippen LogP contribution in [0.4, 0.5) is 0 Å². The molecule has 0 unspecified atom stereocenters. The summed E-state index contributed by atoms with van der Waals surface area (Å²) in [6.45, 7) is 3.81. The zero-order chi connectivity index (χ0) is 10.1. The van der Waals surface area contributed by atoms with Crippen LogP contribution in [-0.4, -0.2) is 12.8 Å². The lowest BCUT2D eigenvalue weighted by molar-refractivity contribution is 0.112. The summed E-state index contributed by atoms with van der Waals surface area (Å²) in [5.41, 5.74) is 4.20. The Hall–Kier alpha value is -0.860. The average Bonchev–Trinajstić information content (AvgIpc) is 2.18. The van der Waals surface area contributed by atoms with Gasteiger partial charge in [0.15, 0.2) is 6.29 Å². The van der Waals surface area contributed by atoms with Crippen LogP contribution in [0.25, 0.3) is 0 Å². The Morgan fingerprint density at radius 3 is 3.07 bits per heavy atom. The standard InChI is InChI=1S/C11H12ClNO/c1-7-9-2-3-13-5-8(9)4-11(12)10(7)6-14/h4,6,13H,2-3,5H2,1H3. The van der Waals surface area contributed by atoms with Gasteiger partial charge in [0.2, 0.25) is 0 Å². The zero-order valence-corrected chi connectivity index (χ0v) is 8.82. The molecule has 0 radical (unpaired) electrons. The lowest BCUT2D eigenvalue weighted by atomic mass is 9.93. The highest BCUT2D eigenvalue weighted by Crippen LogP contribution is 2.27. The number of aldehydes is 1. The fourth-order valence-electron chi connectivity index (χ4n) is 1.99. The molecular weight excluding hydrogens is 198 g/mol. The number of benzene rings is 1. The summed E-state index contributed by atoms with van der Waals surface area (Å²) in [5.74, 6) is 0. The summed E-state index contributed by atoms with van der Waals surface area (Å²) in [4.78, 5) is 10.8. The molecule has 14 heavy (non-hydrogen) atoms. The van der Waals surface area contributed by atoms with Gasteiger partial charge in [-0.1, -0.05) is 11.6 Å². The third kappa shape index (κ3) is 1.45. The summed E-state index contributed by atoms with van der Waals surface area (Å²) in [7, 11) is 0. The van der Waals surface area contributed by atoms with Gasteiger partial charge in [0, 0.05) is 12.1 Å². The van der Waals surface area contributed by atoms with Crippen molar-refractivity contribution in [1.82, 2.24) is 5.32 Å². The van der Waals surface area contributed by atoms with Gasteiger partial charge < -0.3 is 5.32 Å². The van der Waals surface area contributed by atoms with Crippen molar-refractivity contribution in [2.45, 2.75) is 19.9 Å². The van der Waals surface area contributed by atoms with E-state index < -0.39 is 0 Å². The van der Waals surface area contributed by atoms with Crippen LogP contribution in [0.15, 0.2) is 6.07 Å². The molecule has 1 aromatic rings. The van der Waals surface area contributed by atoms with Gasteiger partial charge in [0.25, 0.3) is 0 Å². The topological polar surface area (TPSA) is 29.1 Å². The molecule has 0 saturated carbocycles. The molecule has 1 aliphatic rings. The second-order valence-electron chi connectivity index (χ2n) is 3.58. The molecule has 0 aliphatic carbocycles. The second-order valence-corrected chi connectivity index (χ2v) is 3.99. The Kier molecular flexibility index (Phi) is 2.57. The van der Waals surface area contributed by atoms with Gasteiger partial charge in [0.1, 0.15) is 0 Å². The first kappa shape index (κ1) is 9.69. The minimum Gasteiger partial charge on any atom is -0.312 e. The van der Waals surface area contributed by atoms with Crippen molar-refractivity contribution in [3.8, 4) is 0 Å². The van der Waals surface area contributed by atoms with Crippen molar-refractivity contribution in [3.63, 3.8) is 0 Å². The van der Waals surface area contributed by atoms with Crippen LogP contribution in [0, 0.1) is 6.92 Å². The fourth-order valence-corrected chi connectivity index (χ4v) is 2.31. The smallest absolute Gasteiger partial charge is 0.151 e. The minimum atomic E-state index is 0.569. The van der Waals surface area contributed by atoms with Gasteiger partial charge in [-0.05, 0) is 42.6 Å². The molecule has 0 saturated heterocycles. The molecule has 3 heteroatoms. The molecule has 0 bridgehead atoms. The number of hydrogen-bond donors (Lipinski definition) is 1. The molecule has 0 spiro atoms. The van der Waals surface area contributed by atoms with Gasteiger partial charge in [-0.3, -0.25) is 4.79 Å². The molecule has 1 aromatic carbocycles. The van der Waals surface area contributed by atoms with E-state index in [1.165, 1.54) is 11.1 Å². The maximum absolute atomic E-state index is 10.8. The van der Waals surface area contributed by atoms with Gasteiger partial charge in [-0.25, -0.2) is 0 Å². The van der Waals surface area contributed by atoms with E-state index in [4.69, 9.17) is 11.6 Å². The number of hydrogen-bond acceptors (Lipinski definition) is 2. The molecule has 1 N–H and O–H groups in total. The van der Waals surface area contributed by atoms with E-state index >= 15 is 0 Å². The van der Waals surface area contributed by atoms with Gasteiger partial charge in [0.05, 0.1) is 5.02 Å². The third-order valence-corrected chi connectivity index (χ3v) is 3.10. The first-order chi connectivity index (χ1) is 6.74. The van der Waals surface area contributed by atoms with Crippen molar-refractivity contribution >= 4 is 17.9 Å². The molecule has 0 amide bonds. The van der Waals surface area contributed by atoms with Crippen LogP contribution in [0.5, 0.6) is 0 Å². The van der Waals surface area contributed by atoms with Crippen molar-refractivity contribution in [2.75, 3.05) is 6.54 Å². The van der Waals surface area contributed by atoms with Crippen molar-refractivity contribution in [2.24, 2.45) is 0 Å². The molecule has 1 heterocycles. The van der Waals surface area contributed by atoms with Crippen LogP contribution >= 0.6 is 11.6 Å². The lowest BCUT2D eigenvalue weighted by Crippen LogP contribution is -2.24. The summed E-state index contributed by atoms with van der Waals surface area (Å²) in [5, 5.41) is 3.86. The van der Waals surface area contributed by atoms with E-state index in [9.17, 15) is 4.79 Å². The highest BCUT2D eigenvalue weighted by Gasteiger charge is 2.15. The van der Waals surface area contributed by atoms with Crippen molar-refractivity contribution < 1.29 is 4.79 Å². The van der Waals surface area contributed by atoms with Gasteiger partial charge in [-0.2, -0.15) is 0 Å². The average molecular weight is 210 g/mol. The molecule has 74 valence electrons. The largest absolute Gasteiger partial charge is 0.312 e. The zero-order valence-electron chi connectivity index (χ0n) is 8.06. The summed E-state index contributed by atoms with van der Waals surface area (Å²) in [6, 6.07) is 1.90. The number of nitrogens with one attached hydrogen (secondary N) is 1. The highest BCUT2D eigenvalue weighted by atomic mass is 35.5. The Balaban J connectivity index is 2.63. The van der Waals surface area contributed by atoms with E-state index in [-0.39, 0.29) is 0 Å². The minimum absolute atomic E-state index is 0.569. The van der Waals surface area contributed by atoms with Crippen LogP contribution < -0.4 is 5.32 Å². The third-order valence-electron chi connectivity index (χ3n) is 2.79. The lowest BCUT2D eigenvalue weighted by Gasteiger charge is -2.20. The maximum atomic E-state index is 10.8. The SMILES string of the molecule is Cc1c(C=O)c(Cl)cc2c1CCNC2. The highest BCUT2D eigenvalue weighted by molar-refractivity contribution is 6.33. The first-order valence-corrected chi connectivity index (χ1v) is 5.08. The quantitative estimate of drug-likeness (QED) is 0.718. The van der Waals surface area contributed by atoms with E-state index in [2.05, 4.69) is 5.32 Å². The Morgan fingerprint density at radius 2 is 2.36 bits per heavy atom. The molecule has 2 nitrogen and oxygen atoms in total. The number of halogens is 1. The molecule has 0 fully saturated rings. The summed E-state index contributed by atoms with van der Waals surface area (Å²) >= 11 is 6.01. The van der Waals surface area contributed by atoms with Crippen LogP contribution in [0.3, 0.4) is 0 Å². The first-order valence-electron chi connectivity index (χ1n) is 4.70. The number of fused-ring (bicyclic) bond motifs is 1. The van der Waals surface area contributed by atoms with Gasteiger partial charge >= 0.3 is 0 Å². The van der Waals surface area contributed by atoms with E-state index in [0.717, 1.165) is 31.4 Å². The Labute approximate surface area is 88.3 Å². The van der Waals surface area contributed by atoms with E-state index in [0.29, 0.717) is 10.6 Å². The van der Waals surface area contributed by atoms with Gasteiger partial charge in [-0.15, -0.1) is 0 Å². The predicted molar refractivity (Wildman–Crippen MR) is 57.0 cm³/mol. The normalized spacial score (nSPS) is 15.0. The molecule has 1 aliphatic heterocycles. The van der Waals surface area contributed by atoms with Crippen LogP contribution in [0.1, 0.15) is 27.0 Å². The van der Waals surface area contributed by atoms with Crippen molar-refractivity contribution in [1.29, 1.82) is 0 Å². The van der Waals surface area contributed by atoms with E-state index in [1.54, 1.807) is 0 Å². The molecule has 2 rings (SSSR count). The molecule has 0 aromatic heterocycles. The fraction of sp³-hybridized carbons (Fsp3) is 0.364. The Bertz CT molecular complexity index is 387. The number of rotatable bonds is 1. The van der Waals surface area contributed by atoms with Crippen molar-refractivity contribution in [3.05, 3.63) is 33.3 Å². The second kappa shape index (κ2) is 3.71. The summed E-state index contributed by atoms with van der Waals surface area (Å²) < 4.78 is 0. The number of carbonyl (C=O) groups excluding carboxylic acids is 1. The van der Waals surface area contributed by atoms with Crippen LogP contribution in [-0.2, 0) is 13.0 Å². The summed E-state index contributed by atoms with van der Waals surface area (Å²) in [6.07, 6.45) is 1.83. The molecule has 0 atom stereocenters. The predicted octanol–water partition coefficient (Wildman–Crippen LogP) is 2.11.